The predicted octanol–water partition coefficient (Wildman–Crippen LogP) is 1.92. The molecule has 0 aliphatic heterocycles. The van der Waals surface area contributed by atoms with E-state index in [-0.39, 0.29) is 5.75 Å². The van der Waals surface area contributed by atoms with Gasteiger partial charge in [0.05, 0.1) is 17.4 Å². The van der Waals surface area contributed by atoms with E-state index in [4.69, 9.17) is 5.73 Å². The fourth-order valence-electron chi connectivity index (χ4n) is 1.99. The second-order valence-corrected chi connectivity index (χ2v) is 4.13. The zero-order chi connectivity index (χ0) is 12.7. The Bertz CT molecular complexity index is 733. The van der Waals surface area contributed by atoms with Gasteiger partial charge in [-0.2, -0.15) is 0 Å². The van der Waals surface area contributed by atoms with E-state index < -0.39 is 0 Å². The number of nitrogen functional groups attached to an aromatic ring is 1. The van der Waals surface area contributed by atoms with Crippen molar-refractivity contribution in [2.45, 2.75) is 0 Å². The molecule has 2 aromatic heterocycles. The van der Waals surface area contributed by atoms with Crippen molar-refractivity contribution in [3.63, 3.8) is 0 Å². The lowest BCUT2D eigenvalue weighted by molar-refractivity contribution is 0.478. The number of nitrogens with zero attached hydrogens (tertiary/aromatic N) is 3. The number of aromatic nitrogens is 3. The maximum Gasteiger partial charge on any atom is 0.141 e. The number of aromatic hydroxyl groups is 1. The standard InChI is InChI=1S/C13H12N4O/c1-17-11-4-5-15-7-10(11)16-13(17)8-2-3-9(14)12(18)6-8/h2-7,18H,14H2,1H3. The third-order valence-electron chi connectivity index (χ3n) is 2.97. The molecule has 0 spiro atoms. The summed E-state index contributed by atoms with van der Waals surface area (Å²) >= 11 is 0. The second kappa shape index (κ2) is 3.73. The first-order chi connectivity index (χ1) is 8.66. The highest BCUT2D eigenvalue weighted by Gasteiger charge is 2.10. The molecule has 3 aromatic rings. The molecule has 18 heavy (non-hydrogen) atoms. The molecule has 0 bridgehead atoms. The molecular formula is C13H12N4O. The topological polar surface area (TPSA) is 77.0 Å². The lowest BCUT2D eigenvalue weighted by Gasteiger charge is -2.04. The number of rotatable bonds is 1. The summed E-state index contributed by atoms with van der Waals surface area (Å²) in [6.45, 7) is 0. The van der Waals surface area contributed by atoms with Crippen molar-refractivity contribution < 1.29 is 5.11 Å². The molecular weight excluding hydrogens is 228 g/mol. The van der Waals surface area contributed by atoms with Gasteiger partial charge in [-0.25, -0.2) is 4.98 Å². The van der Waals surface area contributed by atoms with E-state index in [2.05, 4.69) is 9.97 Å². The molecule has 0 fully saturated rings. The normalized spacial score (nSPS) is 10.9. The highest BCUT2D eigenvalue weighted by molar-refractivity contribution is 5.80. The minimum absolute atomic E-state index is 0.0673. The Balaban J connectivity index is 2.25. The minimum atomic E-state index is 0.0673. The molecule has 0 atom stereocenters. The largest absolute Gasteiger partial charge is 0.506 e. The molecule has 0 saturated heterocycles. The van der Waals surface area contributed by atoms with Crippen molar-refractivity contribution in [3.05, 3.63) is 36.7 Å². The molecule has 3 rings (SSSR count). The molecule has 0 amide bonds. The highest BCUT2D eigenvalue weighted by Crippen LogP contribution is 2.28. The molecule has 0 radical (unpaired) electrons. The first-order valence-corrected chi connectivity index (χ1v) is 5.52. The van der Waals surface area contributed by atoms with Crippen LogP contribution >= 0.6 is 0 Å². The van der Waals surface area contributed by atoms with Gasteiger partial charge in [0.2, 0.25) is 0 Å². The zero-order valence-corrected chi connectivity index (χ0v) is 9.83. The van der Waals surface area contributed by atoms with E-state index in [1.54, 1.807) is 24.5 Å². The molecule has 5 nitrogen and oxygen atoms in total. The number of imidazole rings is 1. The van der Waals surface area contributed by atoms with Crippen molar-refractivity contribution >= 4 is 16.7 Å². The minimum Gasteiger partial charge on any atom is -0.506 e. The summed E-state index contributed by atoms with van der Waals surface area (Å²) in [6, 6.07) is 7.03. The van der Waals surface area contributed by atoms with Crippen molar-refractivity contribution in [2.24, 2.45) is 7.05 Å². The predicted molar refractivity (Wildman–Crippen MR) is 70.0 cm³/mol. The maximum atomic E-state index is 9.65. The Hall–Kier alpha value is -2.56. The molecule has 90 valence electrons. The fraction of sp³-hybridized carbons (Fsp3) is 0.0769. The molecule has 0 unspecified atom stereocenters. The van der Waals surface area contributed by atoms with Crippen molar-refractivity contribution in [3.8, 4) is 17.1 Å². The first-order valence-electron chi connectivity index (χ1n) is 5.52. The van der Waals surface area contributed by atoms with E-state index in [9.17, 15) is 5.11 Å². The molecule has 0 saturated carbocycles. The van der Waals surface area contributed by atoms with Crippen LogP contribution in [0.15, 0.2) is 36.7 Å². The molecule has 2 heterocycles. The number of anilines is 1. The molecule has 5 heteroatoms. The lowest BCUT2D eigenvalue weighted by atomic mass is 10.2. The van der Waals surface area contributed by atoms with Crippen LogP contribution in [-0.4, -0.2) is 19.6 Å². The van der Waals surface area contributed by atoms with Crippen LogP contribution in [0.4, 0.5) is 5.69 Å². The van der Waals surface area contributed by atoms with Gasteiger partial charge < -0.3 is 15.4 Å². The fourth-order valence-corrected chi connectivity index (χ4v) is 1.99. The van der Waals surface area contributed by atoms with Gasteiger partial charge in [0.1, 0.15) is 17.1 Å². The van der Waals surface area contributed by atoms with Crippen molar-refractivity contribution in [1.29, 1.82) is 0 Å². The van der Waals surface area contributed by atoms with Gasteiger partial charge in [0.25, 0.3) is 0 Å². The second-order valence-electron chi connectivity index (χ2n) is 4.13. The number of aryl methyl sites for hydroxylation is 1. The monoisotopic (exact) mass is 240 g/mol. The summed E-state index contributed by atoms with van der Waals surface area (Å²) in [5.74, 6) is 0.839. The van der Waals surface area contributed by atoms with Gasteiger partial charge in [-0.05, 0) is 24.3 Å². The Morgan fingerprint density at radius 1 is 1.28 bits per heavy atom. The number of hydrogen-bond donors (Lipinski definition) is 2. The Morgan fingerprint density at radius 2 is 2.11 bits per heavy atom. The zero-order valence-electron chi connectivity index (χ0n) is 9.83. The summed E-state index contributed by atoms with van der Waals surface area (Å²) in [5.41, 5.74) is 8.59. The van der Waals surface area contributed by atoms with Crippen molar-refractivity contribution in [1.82, 2.24) is 14.5 Å². The van der Waals surface area contributed by atoms with E-state index in [0.717, 1.165) is 22.4 Å². The van der Waals surface area contributed by atoms with E-state index in [1.807, 2.05) is 23.7 Å². The van der Waals surface area contributed by atoms with Crippen LogP contribution in [0.3, 0.4) is 0 Å². The average molecular weight is 240 g/mol. The van der Waals surface area contributed by atoms with Crippen LogP contribution in [0.2, 0.25) is 0 Å². The number of nitrogens with two attached hydrogens (primary N) is 1. The smallest absolute Gasteiger partial charge is 0.141 e. The van der Waals surface area contributed by atoms with Crippen LogP contribution in [0.25, 0.3) is 22.4 Å². The molecule has 3 N–H and O–H groups in total. The van der Waals surface area contributed by atoms with Crippen LogP contribution in [0, 0.1) is 0 Å². The SMILES string of the molecule is Cn1c(-c2ccc(N)c(O)c2)nc2cnccc21. The van der Waals surface area contributed by atoms with Gasteiger partial charge in [-0.3, -0.25) is 4.98 Å². The van der Waals surface area contributed by atoms with Crippen LogP contribution in [0.5, 0.6) is 5.75 Å². The third kappa shape index (κ3) is 1.48. The number of fused-ring (bicyclic) bond motifs is 1. The highest BCUT2D eigenvalue weighted by atomic mass is 16.3. The number of benzene rings is 1. The molecule has 1 aromatic carbocycles. The summed E-state index contributed by atoms with van der Waals surface area (Å²) in [7, 11) is 1.93. The Morgan fingerprint density at radius 3 is 2.83 bits per heavy atom. The third-order valence-corrected chi connectivity index (χ3v) is 2.97. The first kappa shape index (κ1) is 10.6. The van der Waals surface area contributed by atoms with Gasteiger partial charge >= 0.3 is 0 Å². The van der Waals surface area contributed by atoms with Gasteiger partial charge in [-0.15, -0.1) is 0 Å². The number of hydrogen-bond acceptors (Lipinski definition) is 4. The van der Waals surface area contributed by atoms with Gasteiger partial charge in [0, 0.05) is 18.8 Å². The van der Waals surface area contributed by atoms with Crippen LogP contribution in [-0.2, 0) is 7.05 Å². The van der Waals surface area contributed by atoms with E-state index >= 15 is 0 Å². The Kier molecular flexibility index (Phi) is 2.19. The summed E-state index contributed by atoms with van der Waals surface area (Å²) in [6.07, 6.45) is 3.45. The average Bonchev–Trinajstić information content (AvgIpc) is 2.71. The lowest BCUT2D eigenvalue weighted by Crippen LogP contribution is -1.93. The summed E-state index contributed by atoms with van der Waals surface area (Å²) in [4.78, 5) is 8.55. The van der Waals surface area contributed by atoms with E-state index in [1.165, 1.54) is 0 Å². The number of pyridine rings is 1. The van der Waals surface area contributed by atoms with E-state index in [0.29, 0.717) is 5.69 Å². The summed E-state index contributed by atoms with van der Waals surface area (Å²) < 4.78 is 1.96. The van der Waals surface area contributed by atoms with Gasteiger partial charge in [0.15, 0.2) is 0 Å². The Labute approximate surface area is 104 Å². The summed E-state index contributed by atoms with van der Waals surface area (Å²) in [5, 5.41) is 9.65. The maximum absolute atomic E-state index is 9.65. The number of phenols is 1. The van der Waals surface area contributed by atoms with Crippen LogP contribution < -0.4 is 5.73 Å². The number of phenolic OH excluding ortho intramolecular Hbond substituents is 1. The molecule has 0 aliphatic carbocycles. The van der Waals surface area contributed by atoms with Crippen LogP contribution in [0.1, 0.15) is 0 Å². The van der Waals surface area contributed by atoms with Gasteiger partial charge in [-0.1, -0.05) is 0 Å². The van der Waals surface area contributed by atoms with Crippen molar-refractivity contribution in [2.75, 3.05) is 5.73 Å². The molecule has 0 aliphatic rings. The quantitative estimate of drug-likeness (QED) is 0.503.